The Morgan fingerprint density at radius 1 is 1.03 bits per heavy atom. The van der Waals surface area contributed by atoms with Crippen molar-refractivity contribution >= 4 is 11.7 Å². The fraction of sp³-hybridized carbons (Fsp3) is 0.318. The van der Waals surface area contributed by atoms with Crippen molar-refractivity contribution < 1.29 is 18.9 Å². The zero-order valence-electron chi connectivity index (χ0n) is 17.7. The summed E-state index contributed by atoms with van der Waals surface area (Å²) >= 11 is 0. The lowest BCUT2D eigenvalue weighted by Gasteiger charge is -2.14. The number of nitrogen functional groups attached to an aromatic ring is 1. The van der Waals surface area contributed by atoms with Crippen molar-refractivity contribution in [1.29, 1.82) is 0 Å². The molecule has 1 aromatic heterocycles. The number of nitrogens with zero attached hydrogens (tertiary/aromatic N) is 2. The van der Waals surface area contributed by atoms with E-state index in [1.807, 2.05) is 25.1 Å². The van der Waals surface area contributed by atoms with Crippen LogP contribution in [-0.4, -0.2) is 35.9 Å². The molecule has 9 nitrogen and oxygen atoms in total. The molecule has 0 aliphatic rings. The normalized spacial score (nSPS) is 10.6. The number of amides is 1. The fourth-order valence-electron chi connectivity index (χ4n) is 2.83. The second kappa shape index (κ2) is 11.0. The van der Waals surface area contributed by atoms with E-state index in [0.717, 1.165) is 11.1 Å². The Balaban J connectivity index is 1.47. The second-order valence-corrected chi connectivity index (χ2v) is 6.92. The van der Waals surface area contributed by atoms with Gasteiger partial charge in [-0.2, -0.15) is 0 Å². The molecule has 31 heavy (non-hydrogen) atoms. The van der Waals surface area contributed by atoms with E-state index in [0.29, 0.717) is 44.3 Å². The molecule has 2 aromatic carbocycles. The van der Waals surface area contributed by atoms with Crippen LogP contribution in [0.1, 0.15) is 34.1 Å². The third-order valence-electron chi connectivity index (χ3n) is 4.47. The highest BCUT2D eigenvalue weighted by molar-refractivity contribution is 5.95. The third-order valence-corrected chi connectivity index (χ3v) is 4.47. The van der Waals surface area contributed by atoms with Crippen LogP contribution in [0.2, 0.25) is 0 Å². The van der Waals surface area contributed by atoms with Gasteiger partial charge in [0.05, 0.1) is 6.61 Å². The van der Waals surface area contributed by atoms with Crippen molar-refractivity contribution in [3.8, 4) is 11.5 Å². The van der Waals surface area contributed by atoms with Gasteiger partial charge in [-0.05, 0) is 47.4 Å². The van der Waals surface area contributed by atoms with Gasteiger partial charge in [0.15, 0.2) is 11.5 Å². The number of benzene rings is 2. The zero-order valence-corrected chi connectivity index (χ0v) is 17.7. The summed E-state index contributed by atoms with van der Waals surface area (Å²) in [4.78, 5) is 11.9. The molecule has 0 saturated carbocycles. The number of carbonyl (C=O) groups is 1. The number of ether oxygens (including phenoxy) is 2. The number of nitrogens with two attached hydrogens (primary N) is 1. The average Bonchev–Trinajstić information content (AvgIpc) is 3.20. The highest BCUT2D eigenvalue weighted by Crippen LogP contribution is 2.29. The Kier molecular flexibility index (Phi) is 7.83. The maximum Gasteiger partial charge on any atom is 0.277 e. The van der Waals surface area contributed by atoms with Gasteiger partial charge in [0.25, 0.3) is 5.91 Å². The molecule has 0 fully saturated rings. The molecule has 0 saturated heterocycles. The van der Waals surface area contributed by atoms with Gasteiger partial charge in [0.1, 0.15) is 6.61 Å². The summed E-state index contributed by atoms with van der Waals surface area (Å²) in [6, 6.07) is 14.1. The molecule has 1 heterocycles. The zero-order chi connectivity index (χ0) is 22.1. The van der Waals surface area contributed by atoms with E-state index in [2.05, 4.69) is 56.8 Å². The first-order chi connectivity index (χ1) is 15.1. The van der Waals surface area contributed by atoms with Crippen LogP contribution in [0.15, 0.2) is 47.1 Å². The quantitative estimate of drug-likeness (QED) is 0.400. The van der Waals surface area contributed by atoms with Gasteiger partial charge < -0.3 is 25.8 Å². The minimum Gasteiger partial charge on any atom is -0.490 e. The van der Waals surface area contributed by atoms with Crippen LogP contribution in [-0.2, 0) is 13.2 Å². The van der Waals surface area contributed by atoms with Crippen LogP contribution in [0.4, 0.5) is 5.82 Å². The Morgan fingerprint density at radius 3 is 2.52 bits per heavy atom. The molecule has 3 aromatic rings. The second-order valence-electron chi connectivity index (χ2n) is 6.92. The number of anilines is 1. The number of aryl methyl sites for hydroxylation is 1. The standard InChI is InChI=1S/C22H27N5O4/c1-3-29-19-12-17(8-9-18(19)30-14-16-6-4-15(2)5-7-16)13-24-10-11-25-22(28)20-21(23)27-31-26-20/h4-9,12,24H,3,10-11,13-14H2,1-2H3,(H2,23,27)(H,25,28). The molecular weight excluding hydrogens is 398 g/mol. The molecule has 1 amide bonds. The maximum absolute atomic E-state index is 11.9. The molecule has 0 atom stereocenters. The molecule has 4 N–H and O–H groups in total. The smallest absolute Gasteiger partial charge is 0.277 e. The number of nitrogens with one attached hydrogen (secondary N) is 2. The van der Waals surface area contributed by atoms with Crippen LogP contribution >= 0.6 is 0 Å². The Bertz CT molecular complexity index is 988. The third kappa shape index (κ3) is 6.45. The largest absolute Gasteiger partial charge is 0.490 e. The van der Waals surface area contributed by atoms with Gasteiger partial charge >= 0.3 is 0 Å². The van der Waals surface area contributed by atoms with Crippen molar-refractivity contribution in [3.63, 3.8) is 0 Å². The van der Waals surface area contributed by atoms with E-state index >= 15 is 0 Å². The first kappa shape index (κ1) is 22.1. The van der Waals surface area contributed by atoms with Crippen LogP contribution in [0, 0.1) is 6.92 Å². The van der Waals surface area contributed by atoms with Crippen LogP contribution in [0.25, 0.3) is 0 Å². The minimum atomic E-state index is -0.422. The van der Waals surface area contributed by atoms with Gasteiger partial charge in [0.2, 0.25) is 11.5 Å². The predicted molar refractivity (Wildman–Crippen MR) is 116 cm³/mol. The first-order valence-corrected chi connectivity index (χ1v) is 10.1. The maximum atomic E-state index is 11.9. The molecule has 9 heteroatoms. The summed E-state index contributed by atoms with van der Waals surface area (Å²) < 4.78 is 16.1. The summed E-state index contributed by atoms with van der Waals surface area (Å²) in [5, 5.41) is 12.8. The summed E-state index contributed by atoms with van der Waals surface area (Å²) in [5.74, 6) is 0.960. The van der Waals surface area contributed by atoms with Crippen molar-refractivity contribution in [1.82, 2.24) is 20.9 Å². The molecule has 0 spiro atoms. The van der Waals surface area contributed by atoms with Crippen LogP contribution in [0.5, 0.6) is 11.5 Å². The Morgan fingerprint density at radius 2 is 1.81 bits per heavy atom. The van der Waals surface area contributed by atoms with Gasteiger partial charge in [0, 0.05) is 19.6 Å². The first-order valence-electron chi connectivity index (χ1n) is 10.1. The molecule has 0 aliphatic heterocycles. The van der Waals surface area contributed by atoms with Crippen LogP contribution < -0.4 is 25.8 Å². The summed E-state index contributed by atoms with van der Waals surface area (Å²) in [7, 11) is 0. The number of hydrogen-bond donors (Lipinski definition) is 3. The highest BCUT2D eigenvalue weighted by atomic mass is 16.6. The monoisotopic (exact) mass is 425 g/mol. The predicted octanol–water partition coefficient (Wildman–Crippen LogP) is 2.46. The van der Waals surface area contributed by atoms with E-state index in [9.17, 15) is 4.79 Å². The molecule has 0 bridgehead atoms. The molecule has 0 unspecified atom stereocenters. The number of aromatic nitrogens is 2. The topological polar surface area (TPSA) is 125 Å². The minimum absolute atomic E-state index is 0.0115. The molecular formula is C22H27N5O4. The Hall–Kier alpha value is -3.59. The number of carbonyl (C=O) groups excluding carboxylic acids is 1. The van der Waals surface area contributed by atoms with Gasteiger partial charge in [-0.3, -0.25) is 4.79 Å². The molecule has 0 aliphatic carbocycles. The highest BCUT2D eigenvalue weighted by Gasteiger charge is 2.15. The number of hydrogen-bond acceptors (Lipinski definition) is 8. The number of rotatable bonds is 11. The average molecular weight is 425 g/mol. The van der Waals surface area contributed by atoms with E-state index < -0.39 is 5.91 Å². The lowest BCUT2D eigenvalue weighted by Crippen LogP contribution is -2.32. The molecule has 3 rings (SSSR count). The van der Waals surface area contributed by atoms with Gasteiger partial charge in [-0.15, -0.1) is 0 Å². The molecule has 164 valence electrons. The van der Waals surface area contributed by atoms with Crippen molar-refractivity contribution in [2.45, 2.75) is 27.0 Å². The van der Waals surface area contributed by atoms with Crippen LogP contribution in [0.3, 0.4) is 0 Å². The summed E-state index contributed by atoms with van der Waals surface area (Å²) in [5.41, 5.74) is 8.84. The van der Waals surface area contributed by atoms with E-state index in [1.165, 1.54) is 5.56 Å². The van der Waals surface area contributed by atoms with Crippen molar-refractivity contribution in [3.05, 3.63) is 64.8 Å². The fourth-order valence-corrected chi connectivity index (χ4v) is 2.83. The molecule has 0 radical (unpaired) electrons. The lowest BCUT2D eigenvalue weighted by molar-refractivity contribution is 0.0944. The van der Waals surface area contributed by atoms with Crippen molar-refractivity contribution in [2.24, 2.45) is 0 Å². The van der Waals surface area contributed by atoms with Gasteiger partial charge in [-0.1, -0.05) is 35.9 Å². The van der Waals surface area contributed by atoms with Crippen molar-refractivity contribution in [2.75, 3.05) is 25.4 Å². The van der Waals surface area contributed by atoms with E-state index in [-0.39, 0.29) is 11.5 Å². The van der Waals surface area contributed by atoms with Gasteiger partial charge in [-0.25, -0.2) is 4.63 Å². The SMILES string of the molecule is CCOc1cc(CNCCNC(=O)c2nonc2N)ccc1OCc1ccc(C)cc1. The summed E-state index contributed by atoms with van der Waals surface area (Å²) in [6.45, 7) is 6.60. The lowest BCUT2D eigenvalue weighted by atomic mass is 10.1. The Labute approximate surface area is 180 Å². The summed E-state index contributed by atoms with van der Waals surface area (Å²) in [6.07, 6.45) is 0. The van der Waals surface area contributed by atoms with E-state index in [4.69, 9.17) is 15.2 Å². The van der Waals surface area contributed by atoms with E-state index in [1.54, 1.807) is 0 Å².